The second-order valence-corrected chi connectivity index (χ2v) is 10.5. The van der Waals surface area contributed by atoms with Crippen LogP contribution in [0.15, 0.2) is 44.5 Å². The maximum atomic E-state index is 12.0. The largest absolute Gasteiger partial charge is 0.422 e. The SMILES string of the molecule is C=CC(=O)Oc1csc(Sc2scc(OC(=O)C=C)c2CC(OCC)OCC)c1CC(OCC)OCC. The number of hydrogen-bond acceptors (Lipinski definition) is 11. The van der Waals surface area contributed by atoms with Gasteiger partial charge in [0, 0.05) is 73.3 Å². The number of carbonyl (C=O) groups excluding carboxylic acids is 2. The molecule has 0 aliphatic rings. The van der Waals surface area contributed by atoms with Crippen LogP contribution in [-0.2, 0) is 41.4 Å². The van der Waals surface area contributed by atoms with E-state index in [0.29, 0.717) is 50.8 Å². The van der Waals surface area contributed by atoms with Crippen molar-refractivity contribution in [2.75, 3.05) is 26.4 Å². The van der Waals surface area contributed by atoms with Crippen LogP contribution in [0.2, 0.25) is 0 Å². The lowest BCUT2D eigenvalue weighted by molar-refractivity contribution is -0.136. The summed E-state index contributed by atoms with van der Waals surface area (Å²) in [5.74, 6) is -0.238. The number of hydrogen-bond donors (Lipinski definition) is 0. The van der Waals surface area contributed by atoms with Crippen molar-refractivity contribution in [3.63, 3.8) is 0 Å². The number of esters is 2. The highest BCUT2D eigenvalue weighted by atomic mass is 32.2. The van der Waals surface area contributed by atoms with Crippen molar-refractivity contribution in [1.82, 2.24) is 0 Å². The zero-order valence-electron chi connectivity index (χ0n) is 21.6. The second-order valence-electron chi connectivity index (χ2n) is 7.17. The fraction of sp³-hybridized carbons (Fsp3) is 0.462. The van der Waals surface area contributed by atoms with E-state index in [1.807, 2.05) is 27.7 Å². The molecule has 0 saturated heterocycles. The van der Waals surface area contributed by atoms with Crippen LogP contribution >= 0.6 is 34.4 Å². The summed E-state index contributed by atoms with van der Waals surface area (Å²) in [5, 5.41) is 3.56. The molecule has 2 heterocycles. The molecule has 11 heteroatoms. The molecular weight excluding hydrogens is 536 g/mol. The van der Waals surface area contributed by atoms with Crippen molar-refractivity contribution >= 4 is 46.4 Å². The standard InChI is InChI=1S/C26H34O8S3/c1-7-21(27)33-19-15-35-25(17(19)13-23(29-9-3)30-10-4)37-26-18(14-24(31-11-5)32-12-6)20(16-36-26)34-22(28)8-2/h7-8,15-16,23-24H,1-2,9-14H2,3-6H3. The highest BCUT2D eigenvalue weighted by Gasteiger charge is 2.25. The normalized spacial score (nSPS) is 11.2. The van der Waals surface area contributed by atoms with E-state index in [-0.39, 0.29) is 0 Å². The highest BCUT2D eigenvalue weighted by Crippen LogP contribution is 2.47. The predicted molar refractivity (Wildman–Crippen MR) is 146 cm³/mol. The summed E-state index contributed by atoms with van der Waals surface area (Å²) in [6, 6.07) is 0. The highest BCUT2D eigenvalue weighted by molar-refractivity contribution is 8.03. The number of ether oxygens (including phenoxy) is 6. The molecule has 0 aliphatic carbocycles. The van der Waals surface area contributed by atoms with Crippen molar-refractivity contribution in [1.29, 1.82) is 0 Å². The van der Waals surface area contributed by atoms with Gasteiger partial charge in [-0.3, -0.25) is 0 Å². The topological polar surface area (TPSA) is 89.5 Å². The summed E-state index contributed by atoms with van der Waals surface area (Å²) in [7, 11) is 0. The van der Waals surface area contributed by atoms with Crippen LogP contribution in [0, 0.1) is 0 Å². The van der Waals surface area contributed by atoms with Crippen molar-refractivity contribution in [3.05, 3.63) is 47.2 Å². The van der Waals surface area contributed by atoms with E-state index in [0.717, 1.165) is 31.7 Å². The summed E-state index contributed by atoms with van der Waals surface area (Å²) >= 11 is 4.36. The van der Waals surface area contributed by atoms with Gasteiger partial charge in [-0.05, 0) is 27.7 Å². The molecule has 2 aromatic rings. The summed E-state index contributed by atoms with van der Waals surface area (Å²) in [5.41, 5.74) is 1.57. The smallest absolute Gasteiger partial charge is 0.335 e. The monoisotopic (exact) mass is 570 g/mol. The molecule has 0 bridgehead atoms. The molecule has 2 aromatic heterocycles. The average Bonchev–Trinajstić information content (AvgIpc) is 3.43. The minimum atomic E-state index is -0.549. The molecule has 8 nitrogen and oxygen atoms in total. The van der Waals surface area contributed by atoms with Crippen molar-refractivity contribution in [3.8, 4) is 11.5 Å². The molecule has 0 aromatic carbocycles. The van der Waals surface area contributed by atoms with Gasteiger partial charge in [0.05, 0.1) is 8.42 Å². The maximum Gasteiger partial charge on any atom is 0.335 e. The van der Waals surface area contributed by atoms with E-state index in [4.69, 9.17) is 28.4 Å². The van der Waals surface area contributed by atoms with Gasteiger partial charge in [-0.15, -0.1) is 22.7 Å². The van der Waals surface area contributed by atoms with Crippen LogP contribution in [0.1, 0.15) is 38.8 Å². The van der Waals surface area contributed by atoms with E-state index in [1.54, 1.807) is 10.8 Å². The Morgan fingerprint density at radius 2 is 1.11 bits per heavy atom. The van der Waals surface area contributed by atoms with Crippen molar-refractivity contribution in [2.45, 2.75) is 61.5 Å². The van der Waals surface area contributed by atoms with Gasteiger partial charge in [-0.1, -0.05) is 24.9 Å². The van der Waals surface area contributed by atoms with Gasteiger partial charge in [-0.25, -0.2) is 9.59 Å². The Balaban J connectivity index is 2.47. The van der Waals surface area contributed by atoms with Crippen LogP contribution in [0.5, 0.6) is 11.5 Å². The molecule has 37 heavy (non-hydrogen) atoms. The lowest BCUT2D eigenvalue weighted by Gasteiger charge is -2.19. The average molecular weight is 571 g/mol. The van der Waals surface area contributed by atoms with Crippen molar-refractivity contribution < 1.29 is 38.0 Å². The summed E-state index contributed by atoms with van der Waals surface area (Å²) in [4.78, 5) is 24.0. The Hall–Kier alpha value is -1.99. The van der Waals surface area contributed by atoms with Gasteiger partial charge in [0.15, 0.2) is 12.6 Å². The zero-order chi connectivity index (χ0) is 27.2. The second kappa shape index (κ2) is 16.8. The zero-order valence-corrected chi connectivity index (χ0v) is 24.1. The first-order valence-electron chi connectivity index (χ1n) is 11.9. The van der Waals surface area contributed by atoms with Gasteiger partial charge in [0.2, 0.25) is 0 Å². The molecule has 204 valence electrons. The Kier molecular flexibility index (Phi) is 14.2. The van der Waals surface area contributed by atoms with E-state index < -0.39 is 24.5 Å². The van der Waals surface area contributed by atoms with Gasteiger partial charge in [0.25, 0.3) is 0 Å². The summed E-state index contributed by atoms with van der Waals surface area (Å²) in [6.07, 6.45) is 2.00. The van der Waals surface area contributed by atoms with Gasteiger partial charge < -0.3 is 28.4 Å². The Bertz CT molecular complexity index is 937. The fourth-order valence-corrected chi connectivity index (χ4v) is 6.78. The molecule has 0 fully saturated rings. The fourth-order valence-electron chi connectivity index (χ4n) is 3.20. The minimum Gasteiger partial charge on any atom is -0.422 e. The van der Waals surface area contributed by atoms with E-state index >= 15 is 0 Å². The molecule has 0 amide bonds. The predicted octanol–water partition coefficient (Wildman–Crippen LogP) is 6.03. The maximum absolute atomic E-state index is 12.0. The van der Waals surface area contributed by atoms with Gasteiger partial charge in [-0.2, -0.15) is 0 Å². The number of thiophene rings is 2. The summed E-state index contributed by atoms with van der Waals surface area (Å²) < 4.78 is 35.8. The number of rotatable bonds is 18. The minimum absolute atomic E-state index is 0.382. The van der Waals surface area contributed by atoms with Crippen molar-refractivity contribution in [2.24, 2.45) is 0 Å². The quantitative estimate of drug-likeness (QED) is 0.121. The third-order valence-corrected chi connectivity index (χ3v) is 8.25. The van der Waals surface area contributed by atoms with Crippen LogP contribution in [0.25, 0.3) is 0 Å². The third-order valence-electron chi connectivity index (χ3n) is 4.73. The molecule has 2 rings (SSSR count). The lowest BCUT2D eigenvalue weighted by atomic mass is 10.2. The Morgan fingerprint density at radius 1 is 0.757 bits per heavy atom. The lowest BCUT2D eigenvalue weighted by Crippen LogP contribution is -2.21. The van der Waals surface area contributed by atoms with E-state index in [2.05, 4.69) is 13.2 Å². The molecule has 0 spiro atoms. The molecule has 0 N–H and O–H groups in total. The molecule has 0 unspecified atom stereocenters. The molecular formula is C26H34O8S3. The van der Waals surface area contributed by atoms with Gasteiger partial charge >= 0.3 is 11.9 Å². The Morgan fingerprint density at radius 3 is 1.41 bits per heavy atom. The van der Waals surface area contributed by atoms with Gasteiger partial charge in [0.1, 0.15) is 11.5 Å². The van der Waals surface area contributed by atoms with Crippen LogP contribution in [0.3, 0.4) is 0 Å². The molecule has 0 radical (unpaired) electrons. The first-order valence-corrected chi connectivity index (χ1v) is 14.5. The first-order chi connectivity index (χ1) is 17.9. The number of carbonyl (C=O) groups is 2. The van der Waals surface area contributed by atoms with Crippen LogP contribution in [-0.4, -0.2) is 50.9 Å². The van der Waals surface area contributed by atoms with Crippen LogP contribution in [0.4, 0.5) is 0 Å². The van der Waals surface area contributed by atoms with E-state index in [1.165, 1.54) is 34.4 Å². The molecule has 0 saturated carbocycles. The first kappa shape index (κ1) is 31.2. The summed E-state index contributed by atoms with van der Waals surface area (Å²) in [6.45, 7) is 16.4. The Labute approximate surface area is 230 Å². The molecule has 0 aliphatic heterocycles. The third kappa shape index (κ3) is 9.68. The van der Waals surface area contributed by atoms with Crippen LogP contribution < -0.4 is 9.47 Å². The van der Waals surface area contributed by atoms with E-state index in [9.17, 15) is 9.59 Å². The molecule has 0 atom stereocenters.